The van der Waals surface area contributed by atoms with Crippen molar-refractivity contribution >= 4 is 21.6 Å². The lowest BCUT2D eigenvalue weighted by molar-refractivity contribution is 0.0915. The average molecular weight is 365 g/mol. The van der Waals surface area contributed by atoms with Crippen LogP contribution in [-0.4, -0.2) is 39.7 Å². The van der Waals surface area contributed by atoms with E-state index in [1.54, 1.807) is 12.1 Å². The van der Waals surface area contributed by atoms with E-state index in [4.69, 9.17) is 5.73 Å². The van der Waals surface area contributed by atoms with Crippen LogP contribution in [0.4, 0.5) is 5.69 Å². The van der Waals surface area contributed by atoms with Crippen LogP contribution in [0.15, 0.2) is 18.2 Å². The van der Waals surface area contributed by atoms with Crippen LogP contribution in [-0.2, 0) is 16.4 Å². The number of benzene rings is 1. The van der Waals surface area contributed by atoms with Crippen molar-refractivity contribution in [3.63, 3.8) is 0 Å². The van der Waals surface area contributed by atoms with Gasteiger partial charge in [-0.15, -0.1) is 0 Å². The molecule has 0 aromatic heterocycles. The lowest BCUT2D eigenvalue weighted by Gasteiger charge is -2.30. The zero-order valence-electron chi connectivity index (χ0n) is 14.7. The Morgan fingerprint density at radius 2 is 2.04 bits per heavy atom. The molecule has 7 heteroatoms. The molecule has 25 heavy (non-hydrogen) atoms. The van der Waals surface area contributed by atoms with Crippen molar-refractivity contribution in [3.8, 4) is 0 Å². The molecule has 1 atom stereocenters. The van der Waals surface area contributed by atoms with E-state index >= 15 is 0 Å². The topological polar surface area (TPSA) is 92.5 Å². The number of hydrogen-bond donors (Lipinski definition) is 2. The van der Waals surface area contributed by atoms with E-state index in [0.717, 1.165) is 18.4 Å². The summed E-state index contributed by atoms with van der Waals surface area (Å²) in [6.45, 7) is 0.885. The summed E-state index contributed by atoms with van der Waals surface area (Å²) in [6, 6.07) is 5.25. The molecule has 1 amide bonds. The Morgan fingerprint density at radius 3 is 2.68 bits per heavy atom. The molecule has 1 aliphatic heterocycles. The molecule has 1 aromatic carbocycles. The van der Waals surface area contributed by atoms with Crippen molar-refractivity contribution in [3.05, 3.63) is 29.3 Å². The first-order valence-corrected chi connectivity index (χ1v) is 10.9. The van der Waals surface area contributed by atoms with Crippen LogP contribution in [0.3, 0.4) is 0 Å². The van der Waals surface area contributed by atoms with E-state index in [1.807, 2.05) is 6.07 Å². The molecular weight excluding hydrogens is 338 g/mol. The van der Waals surface area contributed by atoms with Gasteiger partial charge in [0.1, 0.15) is 0 Å². The van der Waals surface area contributed by atoms with Gasteiger partial charge in [0.15, 0.2) is 0 Å². The van der Waals surface area contributed by atoms with Gasteiger partial charge in [0, 0.05) is 24.7 Å². The van der Waals surface area contributed by atoms with Crippen molar-refractivity contribution in [1.82, 2.24) is 5.32 Å². The lowest BCUT2D eigenvalue weighted by atomic mass is 9.84. The Balaban J connectivity index is 1.73. The number of carbonyl (C=O) groups excluding carboxylic acids is 1. The normalized spacial score (nSPS) is 19.5. The smallest absolute Gasteiger partial charge is 0.251 e. The van der Waals surface area contributed by atoms with E-state index in [9.17, 15) is 13.2 Å². The van der Waals surface area contributed by atoms with Crippen molar-refractivity contribution in [2.24, 2.45) is 11.7 Å². The summed E-state index contributed by atoms with van der Waals surface area (Å²) in [5.41, 5.74) is 8.06. The van der Waals surface area contributed by atoms with Crippen LogP contribution >= 0.6 is 0 Å². The molecule has 3 N–H and O–H groups in total. The third-order valence-electron chi connectivity index (χ3n) is 5.38. The lowest BCUT2D eigenvalue weighted by Crippen LogP contribution is -2.45. The molecule has 2 aliphatic rings. The van der Waals surface area contributed by atoms with Crippen LogP contribution < -0.4 is 15.4 Å². The predicted molar refractivity (Wildman–Crippen MR) is 99.2 cm³/mol. The van der Waals surface area contributed by atoms with Crippen molar-refractivity contribution < 1.29 is 13.2 Å². The van der Waals surface area contributed by atoms with E-state index in [1.165, 1.54) is 29.8 Å². The van der Waals surface area contributed by atoms with E-state index in [-0.39, 0.29) is 11.9 Å². The van der Waals surface area contributed by atoms with Gasteiger partial charge in [0.05, 0.1) is 11.9 Å². The Bertz CT molecular complexity index is 742. The van der Waals surface area contributed by atoms with Gasteiger partial charge in [-0.2, -0.15) is 0 Å². The number of nitrogens with one attached hydrogen (secondary N) is 1. The minimum Gasteiger partial charge on any atom is -0.348 e. The Labute approximate surface area is 149 Å². The highest BCUT2D eigenvalue weighted by molar-refractivity contribution is 7.92. The van der Waals surface area contributed by atoms with E-state index < -0.39 is 10.0 Å². The maximum atomic E-state index is 12.6. The second-order valence-electron chi connectivity index (χ2n) is 7.14. The first kappa shape index (κ1) is 18.2. The Hall–Kier alpha value is -1.60. The summed E-state index contributed by atoms with van der Waals surface area (Å²) in [4.78, 5) is 12.6. The number of carbonyl (C=O) groups is 1. The molecule has 3 rings (SSSR count). The summed E-state index contributed by atoms with van der Waals surface area (Å²) >= 11 is 0. The minimum absolute atomic E-state index is 0.00794. The number of nitrogens with two attached hydrogens (primary N) is 1. The van der Waals surface area contributed by atoms with E-state index in [0.29, 0.717) is 36.7 Å². The monoisotopic (exact) mass is 365 g/mol. The van der Waals surface area contributed by atoms with Gasteiger partial charge >= 0.3 is 0 Å². The zero-order valence-corrected chi connectivity index (χ0v) is 15.5. The van der Waals surface area contributed by atoms with Gasteiger partial charge < -0.3 is 11.1 Å². The van der Waals surface area contributed by atoms with Gasteiger partial charge in [-0.25, -0.2) is 8.42 Å². The van der Waals surface area contributed by atoms with Gasteiger partial charge in [-0.05, 0) is 48.9 Å². The molecule has 1 fully saturated rings. The summed E-state index contributed by atoms with van der Waals surface area (Å²) < 4.78 is 25.0. The van der Waals surface area contributed by atoms with Crippen molar-refractivity contribution in [1.29, 1.82) is 0 Å². The number of rotatable bonds is 5. The molecule has 1 aliphatic carbocycles. The number of sulfonamides is 1. The first-order chi connectivity index (χ1) is 11.9. The molecule has 1 saturated carbocycles. The molecule has 1 aromatic rings. The van der Waals surface area contributed by atoms with Crippen LogP contribution in [0.5, 0.6) is 0 Å². The highest BCUT2D eigenvalue weighted by Crippen LogP contribution is 2.31. The number of amides is 1. The second-order valence-corrected chi connectivity index (χ2v) is 9.05. The molecule has 138 valence electrons. The minimum atomic E-state index is -3.27. The molecule has 0 bridgehead atoms. The first-order valence-electron chi connectivity index (χ1n) is 9.01. The average Bonchev–Trinajstić information content (AvgIpc) is 3.03. The molecule has 1 heterocycles. The summed E-state index contributed by atoms with van der Waals surface area (Å²) in [6.07, 6.45) is 7.76. The molecule has 1 unspecified atom stereocenters. The summed E-state index contributed by atoms with van der Waals surface area (Å²) in [5.74, 6) is 0.333. The molecule has 0 saturated heterocycles. The quantitative estimate of drug-likeness (QED) is 0.830. The van der Waals surface area contributed by atoms with Crippen LogP contribution in [0.2, 0.25) is 0 Å². The third kappa shape index (κ3) is 3.98. The fraction of sp³-hybridized carbons (Fsp3) is 0.611. The number of nitrogens with zero attached hydrogens (tertiary/aromatic N) is 1. The number of fused-ring (bicyclic) bond motifs is 1. The van der Waals surface area contributed by atoms with Crippen molar-refractivity contribution in [2.45, 2.75) is 44.6 Å². The zero-order chi connectivity index (χ0) is 18.0. The highest BCUT2D eigenvalue weighted by atomic mass is 32.2. The van der Waals surface area contributed by atoms with Crippen molar-refractivity contribution in [2.75, 3.05) is 23.7 Å². The molecular formula is C18H27N3O3S. The largest absolute Gasteiger partial charge is 0.348 e. The van der Waals surface area contributed by atoms with Gasteiger partial charge in [0.25, 0.3) is 5.91 Å². The summed E-state index contributed by atoms with van der Waals surface area (Å²) in [5, 5.41) is 3.09. The Kier molecular flexibility index (Phi) is 5.34. The van der Waals surface area contributed by atoms with Gasteiger partial charge in [0.2, 0.25) is 10.0 Å². The number of hydrogen-bond acceptors (Lipinski definition) is 4. The molecule has 0 radical (unpaired) electrons. The maximum Gasteiger partial charge on any atom is 0.251 e. The third-order valence-corrected chi connectivity index (χ3v) is 6.56. The van der Waals surface area contributed by atoms with E-state index in [2.05, 4.69) is 5.32 Å². The summed E-state index contributed by atoms with van der Waals surface area (Å²) in [7, 11) is -3.27. The predicted octanol–water partition coefficient (Wildman–Crippen LogP) is 1.65. The standard InChI is InChI=1S/C18H27N3O3S/c1-25(23,24)21-10-9-14-11-15(7-8-17(14)21)18(22)20-16(12-19)13-5-3-2-4-6-13/h7-8,11,13,16H,2-6,9-10,12,19H2,1H3,(H,20,22). The van der Waals surface area contributed by atoms with Gasteiger partial charge in [-0.3, -0.25) is 9.10 Å². The van der Waals surface area contributed by atoms with Crippen LogP contribution in [0.1, 0.15) is 48.0 Å². The maximum absolute atomic E-state index is 12.6. The highest BCUT2D eigenvalue weighted by Gasteiger charge is 2.28. The molecule has 6 nitrogen and oxygen atoms in total. The molecule has 0 spiro atoms. The number of anilines is 1. The van der Waals surface area contributed by atoms with Gasteiger partial charge in [-0.1, -0.05) is 19.3 Å². The SMILES string of the molecule is CS(=O)(=O)N1CCc2cc(C(=O)NC(CN)C3CCCCC3)ccc21. The Morgan fingerprint density at radius 1 is 1.32 bits per heavy atom. The second kappa shape index (κ2) is 7.33. The fourth-order valence-corrected chi connectivity index (χ4v) is 4.97. The van der Waals surface area contributed by atoms with Crippen LogP contribution in [0.25, 0.3) is 0 Å². The fourth-order valence-electron chi connectivity index (χ4n) is 4.01. The van der Waals surface area contributed by atoms with Crippen LogP contribution in [0, 0.1) is 5.92 Å².